The summed E-state index contributed by atoms with van der Waals surface area (Å²) in [7, 11) is 0. The van der Waals surface area contributed by atoms with E-state index in [0.29, 0.717) is 12.4 Å². The Labute approximate surface area is 156 Å². The fourth-order valence-electron chi connectivity index (χ4n) is 3.42. The molecular weight excluding hydrogens is 348 g/mol. The van der Waals surface area contributed by atoms with Crippen molar-refractivity contribution in [3.63, 3.8) is 0 Å². The van der Waals surface area contributed by atoms with Crippen LogP contribution in [0.1, 0.15) is 42.4 Å². The smallest absolute Gasteiger partial charge is 0.323 e. The lowest BCUT2D eigenvalue weighted by Gasteiger charge is -2.28. The van der Waals surface area contributed by atoms with Gasteiger partial charge in [-0.1, -0.05) is 18.9 Å². The molecule has 136 valence electrons. The number of hydrogen-bond donors (Lipinski definition) is 1. The number of carbonyl (C=O) groups excluding carboxylic acids is 1. The van der Waals surface area contributed by atoms with Crippen LogP contribution in [0.3, 0.4) is 0 Å². The lowest BCUT2D eigenvalue weighted by Crippen LogP contribution is -2.38. The molecule has 1 aliphatic rings. The Morgan fingerprint density at radius 1 is 1.27 bits per heavy atom. The van der Waals surface area contributed by atoms with Gasteiger partial charge in [0.15, 0.2) is 0 Å². The summed E-state index contributed by atoms with van der Waals surface area (Å²) < 4.78 is 7.42. The minimum absolute atomic E-state index is 0.0128. The van der Waals surface area contributed by atoms with Gasteiger partial charge in [0, 0.05) is 17.5 Å². The quantitative estimate of drug-likeness (QED) is 0.722. The number of aromatic nitrogens is 2. The van der Waals surface area contributed by atoms with Crippen LogP contribution in [0.5, 0.6) is 0 Å². The van der Waals surface area contributed by atoms with E-state index >= 15 is 0 Å². The lowest BCUT2D eigenvalue weighted by atomic mass is 10.1. The number of nitrogens with zero attached hydrogens (tertiary/aromatic N) is 3. The highest BCUT2D eigenvalue weighted by Gasteiger charge is 2.29. The molecule has 0 aromatic carbocycles. The minimum Gasteiger partial charge on any atom is -0.467 e. The molecule has 0 unspecified atom stereocenters. The highest BCUT2D eigenvalue weighted by atomic mass is 32.1. The first kappa shape index (κ1) is 16.9. The van der Waals surface area contributed by atoms with Crippen molar-refractivity contribution in [1.82, 2.24) is 14.7 Å². The maximum absolute atomic E-state index is 13.0. The molecule has 1 fully saturated rings. The number of amides is 2. The zero-order valence-corrected chi connectivity index (χ0v) is 15.3. The summed E-state index contributed by atoms with van der Waals surface area (Å²) in [5, 5.41) is 9.44. The van der Waals surface area contributed by atoms with Crippen LogP contribution in [-0.4, -0.2) is 27.3 Å². The molecule has 0 spiro atoms. The van der Waals surface area contributed by atoms with Gasteiger partial charge in [-0.05, 0) is 36.4 Å². The number of anilines is 1. The summed E-state index contributed by atoms with van der Waals surface area (Å²) in [6.45, 7) is 1.39. The van der Waals surface area contributed by atoms with Crippen molar-refractivity contribution >= 4 is 23.2 Å². The van der Waals surface area contributed by atoms with Crippen LogP contribution >= 0.6 is 11.3 Å². The normalized spacial score (nSPS) is 17.8. The molecule has 3 aromatic rings. The molecule has 1 atom stereocenters. The van der Waals surface area contributed by atoms with Gasteiger partial charge in [-0.2, -0.15) is 5.10 Å². The molecule has 4 heterocycles. The number of furan rings is 1. The maximum atomic E-state index is 13.0. The molecule has 1 aliphatic heterocycles. The van der Waals surface area contributed by atoms with Crippen LogP contribution in [0.2, 0.25) is 0 Å². The van der Waals surface area contributed by atoms with E-state index in [1.165, 1.54) is 4.88 Å². The second-order valence-electron chi connectivity index (χ2n) is 6.46. The van der Waals surface area contributed by atoms with Gasteiger partial charge < -0.3 is 9.32 Å². The number of likely N-dealkylation sites (tertiary alicyclic amines) is 1. The van der Waals surface area contributed by atoms with E-state index in [1.807, 2.05) is 39.2 Å². The number of carbonyl (C=O) groups is 1. The molecule has 0 radical (unpaired) electrons. The Bertz CT molecular complexity index is 826. The van der Waals surface area contributed by atoms with E-state index in [2.05, 4.69) is 16.5 Å². The van der Waals surface area contributed by atoms with Crippen LogP contribution in [0, 0.1) is 0 Å². The Balaban J connectivity index is 1.50. The standard InChI is InChI=1S/C19H22N4O2S/c24-19(21-18-9-10-20-23(18)14-15-6-5-13-26-15)22-11-3-1-2-7-16(22)17-8-4-12-25-17/h4-6,8-10,12-13,16H,1-3,7,11,14H2,(H,21,24)/t16-/m0/s1. The Morgan fingerprint density at radius 3 is 3.04 bits per heavy atom. The first-order valence-electron chi connectivity index (χ1n) is 8.96. The topological polar surface area (TPSA) is 63.3 Å². The Morgan fingerprint density at radius 2 is 2.23 bits per heavy atom. The Hall–Kier alpha value is -2.54. The summed E-state index contributed by atoms with van der Waals surface area (Å²) in [5.41, 5.74) is 0. The van der Waals surface area contributed by atoms with Crippen LogP contribution in [0.4, 0.5) is 10.6 Å². The third-order valence-electron chi connectivity index (χ3n) is 4.72. The number of nitrogens with one attached hydrogen (secondary N) is 1. The summed E-state index contributed by atoms with van der Waals surface area (Å²) in [6, 6.07) is 9.66. The van der Waals surface area contributed by atoms with Crippen molar-refractivity contribution in [2.24, 2.45) is 0 Å². The number of urea groups is 1. The van der Waals surface area contributed by atoms with E-state index in [4.69, 9.17) is 4.42 Å². The van der Waals surface area contributed by atoms with Gasteiger partial charge in [0.2, 0.25) is 0 Å². The molecule has 2 amide bonds. The van der Waals surface area contributed by atoms with Crippen molar-refractivity contribution in [3.8, 4) is 0 Å². The maximum Gasteiger partial charge on any atom is 0.323 e. The largest absolute Gasteiger partial charge is 0.467 e. The predicted molar refractivity (Wildman–Crippen MR) is 101 cm³/mol. The van der Waals surface area contributed by atoms with E-state index in [9.17, 15) is 4.79 Å². The fourth-order valence-corrected chi connectivity index (χ4v) is 4.11. The monoisotopic (exact) mass is 370 g/mol. The van der Waals surface area contributed by atoms with Crippen LogP contribution in [0.25, 0.3) is 0 Å². The summed E-state index contributed by atoms with van der Waals surface area (Å²) in [4.78, 5) is 16.1. The molecule has 0 saturated carbocycles. The minimum atomic E-state index is -0.0961. The van der Waals surface area contributed by atoms with Crippen molar-refractivity contribution < 1.29 is 9.21 Å². The van der Waals surface area contributed by atoms with Crippen LogP contribution in [0.15, 0.2) is 52.6 Å². The predicted octanol–water partition coefficient (Wildman–Crippen LogP) is 4.74. The van der Waals surface area contributed by atoms with Gasteiger partial charge in [0.25, 0.3) is 0 Å². The first-order chi connectivity index (χ1) is 12.8. The first-order valence-corrected chi connectivity index (χ1v) is 9.84. The van der Waals surface area contributed by atoms with Crippen molar-refractivity contribution in [2.45, 2.75) is 38.3 Å². The van der Waals surface area contributed by atoms with E-state index in [1.54, 1.807) is 23.8 Å². The van der Waals surface area contributed by atoms with Crippen LogP contribution < -0.4 is 5.32 Å². The van der Waals surface area contributed by atoms with E-state index < -0.39 is 0 Å². The van der Waals surface area contributed by atoms with Gasteiger partial charge in [0.1, 0.15) is 11.6 Å². The van der Waals surface area contributed by atoms with Crippen molar-refractivity contribution in [2.75, 3.05) is 11.9 Å². The molecule has 26 heavy (non-hydrogen) atoms. The molecule has 7 heteroatoms. The molecule has 0 aliphatic carbocycles. The molecular formula is C19H22N4O2S. The number of rotatable bonds is 4. The number of thiophene rings is 1. The zero-order valence-electron chi connectivity index (χ0n) is 14.5. The summed E-state index contributed by atoms with van der Waals surface area (Å²) >= 11 is 1.68. The average Bonchev–Trinajstić information content (AvgIpc) is 3.38. The average molecular weight is 370 g/mol. The third kappa shape index (κ3) is 3.67. The second-order valence-corrected chi connectivity index (χ2v) is 7.49. The van der Waals surface area contributed by atoms with Gasteiger partial charge >= 0.3 is 6.03 Å². The lowest BCUT2D eigenvalue weighted by molar-refractivity contribution is 0.179. The fraction of sp³-hybridized carbons (Fsp3) is 0.368. The van der Waals surface area contributed by atoms with Crippen LogP contribution in [-0.2, 0) is 6.54 Å². The molecule has 1 saturated heterocycles. The van der Waals surface area contributed by atoms with Gasteiger partial charge in [-0.25, -0.2) is 9.48 Å². The SMILES string of the molecule is O=C(Nc1ccnn1Cc1cccs1)N1CCCCC[C@H]1c1ccco1. The third-order valence-corrected chi connectivity index (χ3v) is 5.58. The summed E-state index contributed by atoms with van der Waals surface area (Å²) in [5.74, 6) is 1.57. The van der Waals surface area contributed by atoms with E-state index in [-0.39, 0.29) is 12.1 Å². The van der Waals surface area contributed by atoms with Gasteiger partial charge in [-0.3, -0.25) is 5.32 Å². The highest BCUT2D eigenvalue weighted by molar-refractivity contribution is 7.09. The highest BCUT2D eigenvalue weighted by Crippen LogP contribution is 2.31. The van der Waals surface area contributed by atoms with Gasteiger partial charge in [-0.15, -0.1) is 11.3 Å². The van der Waals surface area contributed by atoms with Gasteiger partial charge in [0.05, 0.1) is 25.0 Å². The van der Waals surface area contributed by atoms with Crippen molar-refractivity contribution in [3.05, 3.63) is 58.8 Å². The summed E-state index contributed by atoms with van der Waals surface area (Å²) in [6.07, 6.45) is 7.57. The number of hydrogen-bond acceptors (Lipinski definition) is 4. The molecule has 3 aromatic heterocycles. The zero-order chi connectivity index (χ0) is 17.8. The second kappa shape index (κ2) is 7.78. The molecule has 1 N–H and O–H groups in total. The molecule has 4 rings (SSSR count). The van der Waals surface area contributed by atoms with E-state index in [0.717, 1.165) is 38.0 Å². The molecule has 0 bridgehead atoms. The van der Waals surface area contributed by atoms with Crippen molar-refractivity contribution in [1.29, 1.82) is 0 Å². The Kier molecular flexibility index (Phi) is 5.06. The molecule has 6 nitrogen and oxygen atoms in total.